The molecule has 18 heteroatoms. The van der Waals surface area contributed by atoms with E-state index in [1.54, 1.807) is 0 Å². The number of aliphatic hydroxyl groups is 2. The summed E-state index contributed by atoms with van der Waals surface area (Å²) in [5.74, 6) is -1.61. The third kappa shape index (κ3) is 64.1. The molecule has 16 nitrogen and oxygen atoms in total. The van der Waals surface area contributed by atoms with Gasteiger partial charge in [-0.25, -0.2) is 9.13 Å². The minimum atomic E-state index is -4.93. The van der Waals surface area contributed by atoms with Crippen LogP contribution >= 0.6 is 15.6 Å². The number of phosphoric ester groups is 2. The smallest absolute Gasteiger partial charge is 0.463 e. The zero-order valence-electron chi connectivity index (χ0n) is 54.4. The zero-order valence-corrected chi connectivity index (χ0v) is 56.2. The van der Waals surface area contributed by atoms with Crippen LogP contribution in [-0.4, -0.2) is 95.9 Å². The molecule has 5 atom stereocenters. The molecule has 0 amide bonds. The molecule has 504 valence electrons. The van der Waals surface area contributed by atoms with E-state index in [0.717, 1.165) is 135 Å². The molecule has 0 aliphatic heterocycles. The van der Waals surface area contributed by atoms with Crippen LogP contribution in [0.3, 0.4) is 0 Å². The third-order valence-corrected chi connectivity index (χ3v) is 16.0. The van der Waals surface area contributed by atoms with E-state index in [-0.39, 0.29) is 19.3 Å². The van der Waals surface area contributed by atoms with Gasteiger partial charge < -0.3 is 34.2 Å². The number of rotatable bonds is 64. The summed E-state index contributed by atoms with van der Waals surface area (Å²) in [7, 11) is -9.78. The second-order valence-corrected chi connectivity index (χ2v) is 25.5. The fraction of sp³-hybridized carbons (Fsp3) is 0.754. The van der Waals surface area contributed by atoms with Crippen molar-refractivity contribution in [3.63, 3.8) is 0 Å². The first-order chi connectivity index (χ1) is 42.2. The number of carbonyl (C=O) groups excluding carboxylic acids is 3. The summed E-state index contributed by atoms with van der Waals surface area (Å²) in [5.41, 5.74) is 0. The highest BCUT2D eigenvalue weighted by Crippen LogP contribution is 2.45. The van der Waals surface area contributed by atoms with Crippen molar-refractivity contribution in [2.45, 2.75) is 296 Å². The minimum absolute atomic E-state index is 0.0918. The number of aliphatic hydroxyl groups excluding tert-OH is 2. The summed E-state index contributed by atoms with van der Waals surface area (Å²) < 4.78 is 60.8. The van der Waals surface area contributed by atoms with Crippen LogP contribution in [0.1, 0.15) is 278 Å². The molecule has 0 aromatic heterocycles. The van der Waals surface area contributed by atoms with Gasteiger partial charge in [-0.2, -0.15) is 0 Å². The zero-order chi connectivity index (χ0) is 63.8. The highest BCUT2D eigenvalue weighted by molar-refractivity contribution is 7.47. The number of unbranched alkanes of at least 4 members (excludes halogenated alkanes) is 27. The normalized spacial score (nSPS) is 14.8. The maximum absolute atomic E-state index is 12.9. The van der Waals surface area contributed by atoms with Crippen molar-refractivity contribution >= 4 is 33.6 Å². The molecule has 0 rings (SSSR count). The quantitative estimate of drug-likeness (QED) is 0.0146. The van der Waals surface area contributed by atoms with Crippen LogP contribution in [0.15, 0.2) is 85.1 Å². The average molecular weight is 1270 g/mol. The number of esters is 3. The van der Waals surface area contributed by atoms with Gasteiger partial charge in [0.15, 0.2) is 6.10 Å². The van der Waals surface area contributed by atoms with Crippen LogP contribution in [0.25, 0.3) is 0 Å². The molecule has 0 heterocycles. The monoisotopic (exact) mass is 1270 g/mol. The van der Waals surface area contributed by atoms with Gasteiger partial charge in [0.25, 0.3) is 0 Å². The Morgan fingerprint density at radius 1 is 0.322 bits per heavy atom. The molecule has 0 radical (unpaired) electrons. The molecule has 0 saturated heterocycles. The van der Waals surface area contributed by atoms with Crippen LogP contribution in [0.5, 0.6) is 0 Å². The molecule has 4 N–H and O–H groups in total. The molecule has 0 aromatic rings. The third-order valence-electron chi connectivity index (χ3n) is 14.1. The molecular formula is C69H122O16P2. The Morgan fingerprint density at radius 3 is 0.943 bits per heavy atom. The lowest BCUT2D eigenvalue weighted by atomic mass is 10.1. The summed E-state index contributed by atoms with van der Waals surface area (Å²) >= 11 is 0. The first-order valence-electron chi connectivity index (χ1n) is 33.9. The number of hydrogen-bond acceptors (Lipinski definition) is 14. The second kappa shape index (κ2) is 62.9. The van der Waals surface area contributed by atoms with Gasteiger partial charge in [0.1, 0.15) is 25.4 Å². The average Bonchev–Trinajstić information content (AvgIpc) is 3.68. The molecule has 87 heavy (non-hydrogen) atoms. The number of ether oxygens (including phenoxy) is 3. The Morgan fingerprint density at radius 2 is 0.575 bits per heavy atom. The van der Waals surface area contributed by atoms with Crippen LogP contribution in [-0.2, 0) is 55.8 Å². The van der Waals surface area contributed by atoms with Crippen molar-refractivity contribution in [2.24, 2.45) is 0 Å². The summed E-state index contributed by atoms with van der Waals surface area (Å²) in [6.45, 7) is 2.57. The van der Waals surface area contributed by atoms with Crippen molar-refractivity contribution < 1.29 is 75.8 Å². The molecule has 0 fully saturated rings. The van der Waals surface area contributed by atoms with Crippen molar-refractivity contribution in [1.82, 2.24) is 0 Å². The Kier molecular flexibility index (Phi) is 60.5. The van der Waals surface area contributed by atoms with Gasteiger partial charge >= 0.3 is 33.6 Å². The SMILES string of the molecule is CCCCC/C=C\C/C=C\C/C=C\C/C=C\CCCCCCCC(=O)OCC(O)COP(=O)(O)OCC(O)COP(=O)(O)OCC(COC(=O)CCCCCCC/C=C\C/C=C\CCCCC)OC(=O)CCCCCCC/C=C\CCCCCCCC. The Labute approximate surface area is 527 Å². The highest BCUT2D eigenvalue weighted by atomic mass is 31.2. The van der Waals surface area contributed by atoms with Gasteiger partial charge in [0.2, 0.25) is 0 Å². The Hall–Kier alpha value is -3.27. The van der Waals surface area contributed by atoms with E-state index in [2.05, 4.69) is 106 Å². The van der Waals surface area contributed by atoms with E-state index in [1.807, 2.05) is 0 Å². The standard InChI is InChI=1S/C69H122O16P2/c1-4-7-10-13-16-19-22-25-28-29-30-31-32-33-36-38-40-43-46-49-52-55-67(72)79-58-64(70)59-81-86(75,76)82-60-65(71)61-83-87(77,78)84-63-66(85-69(74)57-54-51-48-45-42-39-35-27-24-21-18-15-12-9-6-3)62-80-68(73)56-53-50-47-44-41-37-34-26-23-20-17-14-11-8-5-2/h16-17,19-20,25-28,30-31,33-36,64-66,70-71H,4-15,18,21-24,29,32,37-63H2,1-3H3,(H,75,76)(H,77,78)/b19-16-,20-17-,28-25-,31-30-,34-26-,35-27-,36-33-. The first kappa shape index (κ1) is 83.7. The Balaban J connectivity index is 4.66. The van der Waals surface area contributed by atoms with Crippen LogP contribution in [0.4, 0.5) is 0 Å². The molecule has 0 spiro atoms. The molecule has 5 unspecified atom stereocenters. The van der Waals surface area contributed by atoms with E-state index in [9.17, 15) is 43.5 Å². The minimum Gasteiger partial charge on any atom is -0.463 e. The lowest BCUT2D eigenvalue weighted by Crippen LogP contribution is -2.30. The maximum atomic E-state index is 12.9. The molecule has 0 bridgehead atoms. The van der Waals surface area contributed by atoms with Gasteiger partial charge in [0, 0.05) is 19.3 Å². The molecule has 0 saturated carbocycles. The van der Waals surface area contributed by atoms with Crippen molar-refractivity contribution in [3.05, 3.63) is 85.1 Å². The van der Waals surface area contributed by atoms with Gasteiger partial charge in [0.05, 0.1) is 26.4 Å². The predicted molar refractivity (Wildman–Crippen MR) is 353 cm³/mol. The van der Waals surface area contributed by atoms with Gasteiger partial charge in [-0.15, -0.1) is 0 Å². The summed E-state index contributed by atoms with van der Waals surface area (Å²) in [4.78, 5) is 58.3. The van der Waals surface area contributed by atoms with E-state index < -0.39 is 91.5 Å². The second-order valence-electron chi connectivity index (χ2n) is 22.6. The molecule has 0 aromatic carbocycles. The van der Waals surface area contributed by atoms with Crippen molar-refractivity contribution in [1.29, 1.82) is 0 Å². The van der Waals surface area contributed by atoms with Gasteiger partial charge in [-0.1, -0.05) is 221 Å². The van der Waals surface area contributed by atoms with E-state index >= 15 is 0 Å². The maximum Gasteiger partial charge on any atom is 0.472 e. The summed E-state index contributed by atoms with van der Waals surface area (Å²) in [5, 5.41) is 20.5. The van der Waals surface area contributed by atoms with E-state index in [0.29, 0.717) is 19.3 Å². The van der Waals surface area contributed by atoms with E-state index in [4.69, 9.17) is 32.3 Å². The summed E-state index contributed by atoms with van der Waals surface area (Å²) in [6, 6.07) is 0. The van der Waals surface area contributed by atoms with Gasteiger partial charge in [-0.3, -0.25) is 32.5 Å². The summed E-state index contributed by atoms with van der Waals surface area (Å²) in [6.07, 6.45) is 66.3. The van der Waals surface area contributed by atoms with Crippen LogP contribution < -0.4 is 0 Å². The largest absolute Gasteiger partial charge is 0.472 e. The topological polar surface area (TPSA) is 231 Å². The van der Waals surface area contributed by atoms with Crippen molar-refractivity contribution in [3.8, 4) is 0 Å². The fourth-order valence-corrected chi connectivity index (χ4v) is 10.4. The van der Waals surface area contributed by atoms with Crippen LogP contribution in [0, 0.1) is 0 Å². The Bertz CT molecular complexity index is 1930. The predicted octanol–water partition coefficient (Wildman–Crippen LogP) is 18.5. The number of phosphoric acid groups is 2. The fourth-order valence-electron chi connectivity index (χ4n) is 8.81. The number of allylic oxidation sites excluding steroid dienone is 14. The van der Waals surface area contributed by atoms with Crippen molar-refractivity contribution in [2.75, 3.05) is 39.6 Å². The lowest BCUT2D eigenvalue weighted by Gasteiger charge is -2.21. The number of carbonyl (C=O) groups is 3. The van der Waals surface area contributed by atoms with Gasteiger partial charge in [-0.05, 0) is 122 Å². The molecule has 0 aliphatic rings. The molecule has 0 aliphatic carbocycles. The van der Waals surface area contributed by atoms with Crippen LogP contribution in [0.2, 0.25) is 0 Å². The highest BCUT2D eigenvalue weighted by Gasteiger charge is 2.29. The number of hydrogen-bond donors (Lipinski definition) is 4. The first-order valence-corrected chi connectivity index (χ1v) is 36.9. The lowest BCUT2D eigenvalue weighted by molar-refractivity contribution is -0.161. The van der Waals surface area contributed by atoms with E-state index in [1.165, 1.54) is 83.5 Å². The molecular weight excluding hydrogens is 1150 g/mol.